The molecule has 0 radical (unpaired) electrons. The van der Waals surface area contributed by atoms with Crippen molar-refractivity contribution in [1.29, 1.82) is 0 Å². The highest BCUT2D eigenvalue weighted by atomic mass is 35.5. The minimum Gasteiger partial charge on any atom is -0.454 e. The first-order valence-corrected chi connectivity index (χ1v) is 9.28. The number of carbonyl (C=O) groups is 2. The second-order valence-electron chi connectivity index (χ2n) is 5.13. The Hall–Kier alpha value is -2.06. The fraction of sp³-hybridized carbons (Fsp3) is 0.375. The number of hydrogen-bond acceptors (Lipinski definition) is 7. The quantitative estimate of drug-likeness (QED) is 0.700. The van der Waals surface area contributed by atoms with Crippen molar-refractivity contribution in [1.82, 2.24) is 15.5 Å². The Labute approximate surface area is 154 Å². The lowest BCUT2D eigenvalue weighted by atomic mass is 10.1. The molecule has 0 saturated carbocycles. The van der Waals surface area contributed by atoms with Crippen molar-refractivity contribution in [3.63, 3.8) is 0 Å². The predicted octanol–water partition coefficient (Wildman–Crippen LogP) is 2.63. The van der Waals surface area contributed by atoms with Gasteiger partial charge in [-0.1, -0.05) is 28.9 Å². The van der Waals surface area contributed by atoms with Gasteiger partial charge >= 0.3 is 5.97 Å². The van der Waals surface area contributed by atoms with E-state index in [1.54, 1.807) is 43.0 Å². The molecule has 0 aliphatic carbocycles. The van der Waals surface area contributed by atoms with Gasteiger partial charge in [0, 0.05) is 0 Å². The van der Waals surface area contributed by atoms with Gasteiger partial charge in [0.25, 0.3) is 11.8 Å². The molecular formula is C16H18ClN3O4S. The molecule has 9 heteroatoms. The van der Waals surface area contributed by atoms with Crippen molar-refractivity contribution in [3.05, 3.63) is 46.6 Å². The lowest BCUT2D eigenvalue weighted by Crippen LogP contribution is -2.42. The highest BCUT2D eigenvalue weighted by Gasteiger charge is 2.24. The summed E-state index contributed by atoms with van der Waals surface area (Å²) in [5, 5.41) is 6.61. The van der Waals surface area contributed by atoms with Crippen LogP contribution in [-0.2, 0) is 16.1 Å². The first kappa shape index (κ1) is 19.3. The van der Waals surface area contributed by atoms with Gasteiger partial charge in [0.1, 0.15) is 6.04 Å². The molecule has 7 nitrogen and oxygen atoms in total. The van der Waals surface area contributed by atoms with Gasteiger partial charge in [-0.2, -0.15) is 16.7 Å². The van der Waals surface area contributed by atoms with E-state index in [0.717, 1.165) is 0 Å². The Morgan fingerprint density at radius 2 is 2.16 bits per heavy atom. The van der Waals surface area contributed by atoms with Gasteiger partial charge in [0.15, 0.2) is 12.4 Å². The number of aryl methyl sites for hydroxylation is 1. The molecule has 0 saturated heterocycles. The fourth-order valence-corrected chi connectivity index (χ4v) is 2.69. The summed E-state index contributed by atoms with van der Waals surface area (Å²) < 4.78 is 10.1. The summed E-state index contributed by atoms with van der Waals surface area (Å²) in [6, 6.07) is 5.85. The van der Waals surface area contributed by atoms with Gasteiger partial charge in [-0.25, -0.2) is 4.79 Å². The molecule has 0 spiro atoms. The van der Waals surface area contributed by atoms with Gasteiger partial charge in [-0.15, -0.1) is 0 Å². The van der Waals surface area contributed by atoms with Gasteiger partial charge in [-0.05, 0) is 37.5 Å². The molecule has 1 amide bonds. The number of nitrogens with zero attached hydrogens (tertiary/aromatic N) is 2. The number of hydrogen-bond donors (Lipinski definition) is 1. The van der Waals surface area contributed by atoms with Crippen LogP contribution in [-0.4, -0.2) is 40.1 Å². The normalized spacial score (nSPS) is 11.8. The number of amides is 1. The Balaban J connectivity index is 2.00. The third-order valence-corrected chi connectivity index (χ3v) is 4.20. The maximum absolute atomic E-state index is 12.4. The van der Waals surface area contributed by atoms with Crippen LogP contribution in [0.25, 0.3) is 0 Å². The molecule has 1 aromatic heterocycles. The number of esters is 1. The number of carbonyl (C=O) groups excluding carboxylic acids is 2. The van der Waals surface area contributed by atoms with Crippen LogP contribution < -0.4 is 5.32 Å². The third-order valence-electron chi connectivity index (χ3n) is 3.23. The van der Waals surface area contributed by atoms with E-state index in [4.69, 9.17) is 20.9 Å². The van der Waals surface area contributed by atoms with E-state index in [1.165, 1.54) is 0 Å². The monoisotopic (exact) mass is 383 g/mol. The van der Waals surface area contributed by atoms with Gasteiger partial charge in [0.05, 0.1) is 10.6 Å². The number of thioether (sulfide) groups is 1. The van der Waals surface area contributed by atoms with Crippen molar-refractivity contribution in [2.24, 2.45) is 0 Å². The van der Waals surface area contributed by atoms with Crippen molar-refractivity contribution in [3.8, 4) is 0 Å². The van der Waals surface area contributed by atoms with Crippen LogP contribution >= 0.6 is 23.4 Å². The first-order valence-electron chi connectivity index (χ1n) is 7.51. The van der Waals surface area contributed by atoms with Crippen LogP contribution in [0.4, 0.5) is 0 Å². The molecule has 0 bridgehead atoms. The predicted molar refractivity (Wildman–Crippen MR) is 94.5 cm³/mol. The first-order chi connectivity index (χ1) is 12.0. The van der Waals surface area contributed by atoms with E-state index in [-0.39, 0.29) is 12.5 Å². The molecule has 0 fully saturated rings. The minimum atomic E-state index is -0.791. The number of ether oxygens (including phenoxy) is 1. The molecule has 0 aliphatic heterocycles. The third kappa shape index (κ3) is 5.75. The Kier molecular flexibility index (Phi) is 7.27. The topological polar surface area (TPSA) is 94.3 Å². The Bertz CT molecular complexity index is 738. The second-order valence-corrected chi connectivity index (χ2v) is 6.52. The molecule has 0 aliphatic rings. The number of aromatic nitrogens is 2. The van der Waals surface area contributed by atoms with Gasteiger partial charge < -0.3 is 14.6 Å². The summed E-state index contributed by atoms with van der Waals surface area (Å²) in [5.41, 5.74) is 0.304. The molecule has 2 rings (SSSR count). The number of benzene rings is 1. The van der Waals surface area contributed by atoms with Crippen LogP contribution in [0.5, 0.6) is 0 Å². The van der Waals surface area contributed by atoms with E-state index in [1.807, 2.05) is 6.26 Å². The molecule has 134 valence electrons. The lowest BCUT2D eigenvalue weighted by molar-refractivity contribution is -0.148. The summed E-state index contributed by atoms with van der Waals surface area (Å²) >= 11 is 7.59. The molecule has 1 unspecified atom stereocenters. The molecule has 1 heterocycles. The number of halogens is 1. The largest absolute Gasteiger partial charge is 0.454 e. The molecule has 1 N–H and O–H groups in total. The maximum Gasteiger partial charge on any atom is 0.329 e. The Morgan fingerprint density at radius 1 is 1.40 bits per heavy atom. The van der Waals surface area contributed by atoms with E-state index in [9.17, 15) is 9.59 Å². The maximum atomic E-state index is 12.4. The van der Waals surface area contributed by atoms with Crippen molar-refractivity contribution in [2.45, 2.75) is 26.0 Å². The standard InChI is InChI=1S/C16H18ClN3O4S/c1-10-18-14(24-20-10)9-23-16(22)13(7-8-25-2)19-15(21)11-5-3-4-6-12(11)17/h3-6,13H,7-9H2,1-2H3,(H,19,21). The lowest BCUT2D eigenvalue weighted by Gasteiger charge is -2.17. The minimum absolute atomic E-state index is 0.141. The van der Waals surface area contributed by atoms with Crippen molar-refractivity contribution < 1.29 is 18.8 Å². The zero-order valence-corrected chi connectivity index (χ0v) is 15.4. The van der Waals surface area contributed by atoms with E-state index >= 15 is 0 Å². The highest BCUT2D eigenvalue weighted by Crippen LogP contribution is 2.15. The van der Waals surface area contributed by atoms with Crippen LogP contribution in [0.2, 0.25) is 5.02 Å². The molecule has 1 atom stereocenters. The van der Waals surface area contributed by atoms with Gasteiger partial charge in [0.2, 0.25) is 0 Å². The zero-order valence-electron chi connectivity index (χ0n) is 13.8. The summed E-state index contributed by atoms with van der Waals surface area (Å²) in [5.74, 6) is 0.346. The van der Waals surface area contributed by atoms with Gasteiger partial charge in [-0.3, -0.25) is 4.79 Å². The van der Waals surface area contributed by atoms with Crippen LogP contribution in [0.15, 0.2) is 28.8 Å². The Morgan fingerprint density at radius 3 is 2.80 bits per heavy atom. The zero-order chi connectivity index (χ0) is 18.2. The average Bonchev–Trinajstić information content (AvgIpc) is 3.02. The molecule has 25 heavy (non-hydrogen) atoms. The summed E-state index contributed by atoms with van der Waals surface area (Å²) in [7, 11) is 0. The molecule has 1 aromatic carbocycles. The van der Waals surface area contributed by atoms with Crippen molar-refractivity contribution in [2.75, 3.05) is 12.0 Å². The fourth-order valence-electron chi connectivity index (χ4n) is 2.00. The SMILES string of the molecule is CSCCC(NC(=O)c1ccccc1Cl)C(=O)OCc1nc(C)no1. The highest BCUT2D eigenvalue weighted by molar-refractivity contribution is 7.98. The van der Waals surface area contributed by atoms with E-state index in [2.05, 4.69) is 15.5 Å². The summed E-state index contributed by atoms with van der Waals surface area (Å²) in [6.07, 6.45) is 2.35. The van der Waals surface area contributed by atoms with Crippen LogP contribution in [0, 0.1) is 6.92 Å². The number of rotatable bonds is 8. The van der Waals surface area contributed by atoms with Crippen molar-refractivity contribution >= 4 is 35.2 Å². The molecule has 2 aromatic rings. The summed E-state index contributed by atoms with van der Waals surface area (Å²) in [6.45, 7) is 1.53. The molecular weight excluding hydrogens is 366 g/mol. The van der Waals surface area contributed by atoms with E-state index < -0.39 is 17.9 Å². The van der Waals surface area contributed by atoms with E-state index in [0.29, 0.717) is 28.6 Å². The number of nitrogens with one attached hydrogen (secondary N) is 1. The van der Waals surface area contributed by atoms with Crippen LogP contribution in [0.1, 0.15) is 28.5 Å². The smallest absolute Gasteiger partial charge is 0.329 e. The summed E-state index contributed by atoms with van der Waals surface area (Å²) in [4.78, 5) is 28.6. The second kappa shape index (κ2) is 9.43. The average molecular weight is 384 g/mol. The van der Waals surface area contributed by atoms with Crippen LogP contribution in [0.3, 0.4) is 0 Å².